The second kappa shape index (κ2) is 5.37. The van der Waals surface area contributed by atoms with Crippen LogP contribution in [0, 0.1) is 5.41 Å². The highest BCUT2D eigenvalue weighted by atomic mass is 16.4. The number of aromatic amines is 1. The number of hydrogen-bond donors (Lipinski definition) is 3. The Kier molecular flexibility index (Phi) is 4.13. The van der Waals surface area contributed by atoms with Crippen molar-refractivity contribution in [1.29, 1.82) is 0 Å². The molecular formula is C9H15N5O3. The standard InChI is InChI=1S/C9H15N5O3/c1-9(2,4-8(16)17)3-7(15)10-5-6-11-13-14-12-6/h3-5H2,1-2H3,(H,10,15)(H,16,17)(H,11,12,13,14). The molecule has 3 N–H and O–H groups in total. The van der Waals surface area contributed by atoms with E-state index in [-0.39, 0.29) is 25.3 Å². The van der Waals surface area contributed by atoms with Gasteiger partial charge in [0.25, 0.3) is 0 Å². The van der Waals surface area contributed by atoms with Crippen molar-refractivity contribution in [3.63, 3.8) is 0 Å². The van der Waals surface area contributed by atoms with Crippen LogP contribution in [0.15, 0.2) is 0 Å². The van der Waals surface area contributed by atoms with Crippen LogP contribution in [0.2, 0.25) is 0 Å². The Balaban J connectivity index is 2.36. The third-order valence-corrected chi connectivity index (χ3v) is 2.10. The third-order valence-electron chi connectivity index (χ3n) is 2.10. The van der Waals surface area contributed by atoms with Gasteiger partial charge in [-0.25, -0.2) is 0 Å². The molecule has 0 bridgehead atoms. The number of hydrogen-bond acceptors (Lipinski definition) is 5. The Labute approximate surface area is 97.8 Å². The molecule has 0 saturated carbocycles. The molecule has 17 heavy (non-hydrogen) atoms. The molecule has 1 aromatic heterocycles. The minimum absolute atomic E-state index is 0.0529. The summed E-state index contributed by atoms with van der Waals surface area (Å²) in [5, 5.41) is 24.2. The number of carboxylic acid groups (broad SMARTS) is 1. The molecule has 0 aliphatic rings. The third kappa shape index (κ3) is 5.05. The Bertz CT molecular complexity index is 387. The number of tetrazole rings is 1. The Hall–Kier alpha value is -1.99. The van der Waals surface area contributed by atoms with Crippen LogP contribution < -0.4 is 5.32 Å². The van der Waals surface area contributed by atoms with Crippen LogP contribution in [0.1, 0.15) is 32.5 Å². The van der Waals surface area contributed by atoms with Crippen LogP contribution >= 0.6 is 0 Å². The zero-order valence-corrected chi connectivity index (χ0v) is 9.73. The molecule has 1 aromatic rings. The van der Waals surface area contributed by atoms with Crippen molar-refractivity contribution in [2.75, 3.05) is 0 Å². The second-order valence-corrected chi connectivity index (χ2v) is 4.52. The van der Waals surface area contributed by atoms with Gasteiger partial charge < -0.3 is 10.4 Å². The first kappa shape index (κ1) is 13.1. The van der Waals surface area contributed by atoms with Gasteiger partial charge in [0.05, 0.1) is 13.0 Å². The van der Waals surface area contributed by atoms with Gasteiger partial charge in [-0.1, -0.05) is 19.1 Å². The van der Waals surface area contributed by atoms with E-state index in [1.807, 2.05) is 0 Å². The van der Waals surface area contributed by atoms with Gasteiger partial charge >= 0.3 is 5.97 Å². The van der Waals surface area contributed by atoms with Gasteiger partial charge in [0, 0.05) is 6.42 Å². The van der Waals surface area contributed by atoms with E-state index in [9.17, 15) is 9.59 Å². The number of amides is 1. The minimum atomic E-state index is -0.916. The van der Waals surface area contributed by atoms with E-state index in [4.69, 9.17) is 5.11 Å². The second-order valence-electron chi connectivity index (χ2n) is 4.52. The molecule has 8 heteroatoms. The van der Waals surface area contributed by atoms with Crippen molar-refractivity contribution in [2.45, 2.75) is 33.2 Å². The zero-order valence-electron chi connectivity index (χ0n) is 9.73. The van der Waals surface area contributed by atoms with E-state index >= 15 is 0 Å². The summed E-state index contributed by atoms with van der Waals surface area (Å²) in [5.41, 5.74) is -0.576. The summed E-state index contributed by atoms with van der Waals surface area (Å²) in [6.07, 6.45) is 0.0831. The largest absolute Gasteiger partial charge is 0.481 e. The molecule has 1 heterocycles. The van der Waals surface area contributed by atoms with Gasteiger partial charge in [-0.2, -0.15) is 5.21 Å². The van der Waals surface area contributed by atoms with Gasteiger partial charge in [-0.15, -0.1) is 10.2 Å². The van der Waals surface area contributed by atoms with Gasteiger partial charge in [-0.3, -0.25) is 9.59 Å². The fourth-order valence-corrected chi connectivity index (χ4v) is 1.40. The number of nitrogens with zero attached hydrogens (tertiary/aromatic N) is 3. The lowest BCUT2D eigenvalue weighted by Crippen LogP contribution is -2.30. The molecule has 0 fully saturated rings. The minimum Gasteiger partial charge on any atom is -0.481 e. The van der Waals surface area contributed by atoms with Gasteiger partial charge in [-0.05, 0) is 5.41 Å². The quantitative estimate of drug-likeness (QED) is 0.629. The Morgan fingerprint density at radius 1 is 1.41 bits per heavy atom. The van der Waals surface area contributed by atoms with E-state index in [0.29, 0.717) is 5.82 Å². The molecule has 0 atom stereocenters. The number of aliphatic carboxylic acids is 1. The van der Waals surface area contributed by atoms with Crippen molar-refractivity contribution in [1.82, 2.24) is 25.9 Å². The van der Waals surface area contributed by atoms with E-state index in [2.05, 4.69) is 25.9 Å². The first-order chi connectivity index (χ1) is 7.89. The molecule has 0 saturated heterocycles. The number of H-pyrrole nitrogens is 1. The van der Waals surface area contributed by atoms with Crippen molar-refractivity contribution in [3.8, 4) is 0 Å². The zero-order chi connectivity index (χ0) is 12.9. The first-order valence-electron chi connectivity index (χ1n) is 5.10. The van der Waals surface area contributed by atoms with E-state index in [0.717, 1.165) is 0 Å². The highest BCUT2D eigenvalue weighted by molar-refractivity contribution is 5.77. The summed E-state index contributed by atoms with van der Waals surface area (Å²) in [5.74, 6) is -0.767. The van der Waals surface area contributed by atoms with Gasteiger partial charge in [0.1, 0.15) is 0 Å². The molecule has 0 aliphatic carbocycles. The monoisotopic (exact) mass is 241 g/mol. The summed E-state index contributed by atoms with van der Waals surface area (Å²) in [7, 11) is 0. The van der Waals surface area contributed by atoms with Gasteiger partial charge in [0.2, 0.25) is 5.91 Å². The number of carbonyl (C=O) groups is 2. The van der Waals surface area contributed by atoms with Crippen LogP contribution in [-0.2, 0) is 16.1 Å². The lowest BCUT2D eigenvalue weighted by atomic mass is 9.85. The van der Waals surface area contributed by atoms with E-state index in [1.54, 1.807) is 13.8 Å². The normalized spacial score (nSPS) is 11.2. The van der Waals surface area contributed by atoms with Crippen molar-refractivity contribution < 1.29 is 14.7 Å². The maximum absolute atomic E-state index is 11.5. The first-order valence-corrected chi connectivity index (χ1v) is 5.10. The highest BCUT2D eigenvalue weighted by Crippen LogP contribution is 2.24. The SMILES string of the molecule is CC(C)(CC(=O)O)CC(=O)NCc1nn[nH]n1. The fraction of sp³-hybridized carbons (Fsp3) is 0.667. The maximum atomic E-state index is 11.5. The number of carboxylic acids is 1. The summed E-state index contributed by atoms with van der Waals surface area (Å²) < 4.78 is 0. The Morgan fingerprint density at radius 2 is 2.12 bits per heavy atom. The van der Waals surface area contributed by atoms with Crippen LogP contribution in [0.3, 0.4) is 0 Å². The van der Waals surface area contributed by atoms with Gasteiger partial charge in [0.15, 0.2) is 5.82 Å². The molecular weight excluding hydrogens is 226 g/mol. The van der Waals surface area contributed by atoms with E-state index < -0.39 is 11.4 Å². The smallest absolute Gasteiger partial charge is 0.303 e. The molecule has 1 amide bonds. The number of nitrogens with one attached hydrogen (secondary N) is 2. The average Bonchev–Trinajstić information content (AvgIpc) is 2.63. The van der Waals surface area contributed by atoms with Crippen LogP contribution in [0.4, 0.5) is 0 Å². The van der Waals surface area contributed by atoms with Crippen molar-refractivity contribution >= 4 is 11.9 Å². The lowest BCUT2D eigenvalue weighted by molar-refractivity contribution is -0.139. The van der Waals surface area contributed by atoms with Crippen LogP contribution in [0.5, 0.6) is 0 Å². The topological polar surface area (TPSA) is 121 Å². The molecule has 94 valence electrons. The molecule has 0 radical (unpaired) electrons. The predicted molar refractivity (Wildman–Crippen MR) is 56.7 cm³/mol. The average molecular weight is 241 g/mol. The van der Waals surface area contributed by atoms with Crippen LogP contribution in [0.25, 0.3) is 0 Å². The summed E-state index contributed by atoms with van der Waals surface area (Å²) in [4.78, 5) is 22.1. The van der Waals surface area contributed by atoms with Crippen molar-refractivity contribution in [3.05, 3.63) is 5.82 Å². The highest BCUT2D eigenvalue weighted by Gasteiger charge is 2.25. The number of carbonyl (C=O) groups excluding carboxylic acids is 1. The molecule has 1 rings (SSSR count). The Morgan fingerprint density at radius 3 is 2.65 bits per heavy atom. The van der Waals surface area contributed by atoms with Crippen LogP contribution in [-0.4, -0.2) is 37.6 Å². The molecule has 0 spiro atoms. The molecule has 8 nitrogen and oxygen atoms in total. The lowest BCUT2D eigenvalue weighted by Gasteiger charge is -2.21. The van der Waals surface area contributed by atoms with Crippen molar-refractivity contribution in [2.24, 2.45) is 5.41 Å². The summed E-state index contributed by atoms with van der Waals surface area (Å²) >= 11 is 0. The maximum Gasteiger partial charge on any atom is 0.303 e. The summed E-state index contributed by atoms with van der Waals surface area (Å²) in [6.45, 7) is 3.64. The summed E-state index contributed by atoms with van der Waals surface area (Å²) in [6, 6.07) is 0. The molecule has 0 aromatic carbocycles. The number of rotatable bonds is 6. The van der Waals surface area contributed by atoms with E-state index in [1.165, 1.54) is 0 Å². The number of aromatic nitrogens is 4. The molecule has 0 unspecified atom stereocenters. The predicted octanol–water partition coefficient (Wildman–Crippen LogP) is -0.293. The fourth-order valence-electron chi connectivity index (χ4n) is 1.40. The molecule has 0 aliphatic heterocycles.